The van der Waals surface area contributed by atoms with Gasteiger partial charge in [-0.1, -0.05) is 13.0 Å². The van der Waals surface area contributed by atoms with Crippen LogP contribution in [-0.2, 0) is 14.0 Å². The van der Waals surface area contributed by atoms with E-state index in [1.54, 1.807) is 6.20 Å². The summed E-state index contributed by atoms with van der Waals surface area (Å²) < 4.78 is 22.7. The minimum Gasteiger partial charge on any atom is -0.539 e. The molecule has 0 amide bonds. The molecule has 0 saturated carbocycles. The molecule has 1 aromatic rings. The van der Waals surface area contributed by atoms with Crippen LogP contribution in [0.3, 0.4) is 0 Å². The van der Waals surface area contributed by atoms with Crippen molar-refractivity contribution in [3.63, 3.8) is 0 Å². The SMILES string of the molecule is CCOc1ccc([B-]23OCC(C)(CO2)CO3)nc1.[Li+]. The number of hydrogen-bond donors (Lipinski definition) is 0. The van der Waals surface area contributed by atoms with Gasteiger partial charge in [0.05, 0.1) is 12.8 Å². The molecule has 19 heavy (non-hydrogen) atoms. The summed E-state index contributed by atoms with van der Waals surface area (Å²) in [5.41, 5.74) is 0.676. The Bertz CT molecular complexity index is 417. The molecule has 3 fully saturated rings. The number of hydrogen-bond acceptors (Lipinski definition) is 5. The van der Waals surface area contributed by atoms with Crippen LogP contribution in [0.2, 0.25) is 0 Å². The number of nitrogens with zero attached hydrogens (tertiary/aromatic N) is 1. The third-order valence-electron chi connectivity index (χ3n) is 3.39. The Balaban J connectivity index is 0.00000133. The summed E-state index contributed by atoms with van der Waals surface area (Å²) in [6, 6.07) is 3.71. The van der Waals surface area contributed by atoms with Gasteiger partial charge in [0.15, 0.2) is 0 Å². The molecule has 5 nitrogen and oxygen atoms in total. The molecular weight excluding hydrogens is 240 g/mol. The number of ether oxygens (including phenoxy) is 1. The van der Waals surface area contributed by atoms with Gasteiger partial charge in [-0.05, 0) is 18.6 Å². The first-order valence-electron chi connectivity index (χ1n) is 6.30. The molecule has 0 radical (unpaired) electrons. The molecule has 1 aromatic heterocycles. The van der Waals surface area contributed by atoms with E-state index in [0.29, 0.717) is 32.0 Å². The van der Waals surface area contributed by atoms with E-state index >= 15 is 0 Å². The Morgan fingerprint density at radius 1 is 1.26 bits per heavy atom. The monoisotopic (exact) mass is 257 g/mol. The van der Waals surface area contributed by atoms with E-state index in [2.05, 4.69) is 11.9 Å². The molecule has 0 N–H and O–H groups in total. The second-order valence-electron chi connectivity index (χ2n) is 5.24. The zero-order chi connectivity index (χ0) is 12.6. The van der Waals surface area contributed by atoms with Crippen LogP contribution in [0.25, 0.3) is 0 Å². The Kier molecular flexibility index (Phi) is 4.29. The van der Waals surface area contributed by atoms with Crippen LogP contribution >= 0.6 is 0 Å². The zero-order valence-corrected chi connectivity index (χ0v) is 11.7. The maximum Gasteiger partial charge on any atom is 1.00 e. The van der Waals surface area contributed by atoms with Gasteiger partial charge in [0.2, 0.25) is 0 Å². The fourth-order valence-corrected chi connectivity index (χ4v) is 2.31. The van der Waals surface area contributed by atoms with Crippen LogP contribution in [-0.4, -0.2) is 38.2 Å². The maximum absolute atomic E-state index is 5.77. The predicted octanol–water partition coefficient (Wildman–Crippen LogP) is -2.29. The van der Waals surface area contributed by atoms with Crippen molar-refractivity contribution in [2.24, 2.45) is 5.41 Å². The van der Waals surface area contributed by atoms with E-state index in [-0.39, 0.29) is 24.3 Å². The van der Waals surface area contributed by atoms with Crippen molar-refractivity contribution in [1.82, 2.24) is 4.98 Å². The first-order chi connectivity index (χ1) is 8.66. The van der Waals surface area contributed by atoms with E-state index in [0.717, 1.165) is 5.75 Å². The first-order valence-corrected chi connectivity index (χ1v) is 6.30. The molecule has 7 heteroatoms. The van der Waals surface area contributed by atoms with Gasteiger partial charge in [0, 0.05) is 25.2 Å². The molecule has 0 unspecified atom stereocenters. The Labute approximate surface area is 125 Å². The quantitative estimate of drug-likeness (QED) is 0.571. The van der Waals surface area contributed by atoms with E-state index in [9.17, 15) is 0 Å². The molecule has 4 rings (SSSR count). The molecule has 0 aromatic carbocycles. The Morgan fingerprint density at radius 3 is 2.37 bits per heavy atom. The van der Waals surface area contributed by atoms with Crippen molar-refractivity contribution < 1.29 is 37.6 Å². The third-order valence-corrected chi connectivity index (χ3v) is 3.39. The molecule has 3 aliphatic rings. The summed E-state index contributed by atoms with van der Waals surface area (Å²) in [5.74, 6) is 0.741. The van der Waals surface area contributed by atoms with Gasteiger partial charge in [-0.15, -0.1) is 0 Å². The second kappa shape index (κ2) is 5.47. The first kappa shape index (κ1) is 14.9. The van der Waals surface area contributed by atoms with Crippen molar-refractivity contribution in [2.75, 3.05) is 26.4 Å². The fraction of sp³-hybridized carbons (Fsp3) is 0.583. The maximum atomic E-state index is 5.77. The normalized spacial score (nSPS) is 32.7. The average Bonchev–Trinajstić information content (AvgIpc) is 2.41. The number of fused-ring (bicyclic) bond motifs is 3. The summed E-state index contributed by atoms with van der Waals surface area (Å²) in [4.78, 5) is 4.34. The van der Waals surface area contributed by atoms with Crippen LogP contribution in [0.5, 0.6) is 5.75 Å². The van der Waals surface area contributed by atoms with Gasteiger partial charge in [-0.3, -0.25) is 4.98 Å². The Morgan fingerprint density at radius 2 is 1.89 bits per heavy atom. The van der Waals surface area contributed by atoms with Crippen LogP contribution in [0.15, 0.2) is 18.3 Å². The van der Waals surface area contributed by atoms with E-state index < -0.39 is 6.75 Å². The van der Waals surface area contributed by atoms with Gasteiger partial charge < -0.3 is 18.7 Å². The van der Waals surface area contributed by atoms with Gasteiger partial charge in [0.1, 0.15) is 5.75 Å². The molecule has 2 bridgehead atoms. The van der Waals surface area contributed by atoms with Gasteiger partial charge in [-0.2, -0.15) is 0 Å². The summed E-state index contributed by atoms with van der Waals surface area (Å²) in [6.07, 6.45) is 1.67. The van der Waals surface area contributed by atoms with E-state index in [1.807, 2.05) is 19.1 Å². The van der Waals surface area contributed by atoms with Crippen molar-refractivity contribution in [1.29, 1.82) is 0 Å². The standard InChI is InChI=1S/C12H17BNO4.Li/c1-3-15-10-4-5-11(14-6-10)13-16-7-12(2,8-17-13)9-18-13;/h4-6H,3,7-9H2,1-2H3;/q-1;+1. The van der Waals surface area contributed by atoms with Crippen LogP contribution in [0, 0.1) is 5.41 Å². The topological polar surface area (TPSA) is 49.8 Å². The third kappa shape index (κ3) is 2.69. The molecule has 0 aliphatic carbocycles. The van der Waals surface area contributed by atoms with Crippen molar-refractivity contribution >= 4 is 12.3 Å². The van der Waals surface area contributed by atoms with Crippen molar-refractivity contribution in [2.45, 2.75) is 13.8 Å². The number of aromatic nitrogens is 1. The van der Waals surface area contributed by atoms with Crippen molar-refractivity contribution in [3.8, 4) is 5.75 Å². The van der Waals surface area contributed by atoms with Crippen LogP contribution in [0.4, 0.5) is 0 Å². The van der Waals surface area contributed by atoms with Crippen molar-refractivity contribution in [3.05, 3.63) is 18.3 Å². The molecule has 98 valence electrons. The summed E-state index contributed by atoms with van der Waals surface area (Å²) >= 11 is 0. The van der Waals surface area contributed by atoms with Gasteiger partial charge >= 0.3 is 25.6 Å². The molecular formula is C12H17BLiNO4. The smallest absolute Gasteiger partial charge is 0.539 e. The van der Waals surface area contributed by atoms with Crippen LogP contribution < -0.4 is 29.2 Å². The molecule has 4 heterocycles. The molecule has 3 aliphatic heterocycles. The zero-order valence-electron chi connectivity index (χ0n) is 11.7. The van der Waals surface area contributed by atoms with E-state index in [4.69, 9.17) is 18.7 Å². The number of pyridine rings is 1. The minimum atomic E-state index is -1.84. The summed E-state index contributed by atoms with van der Waals surface area (Å²) in [5, 5.41) is 0. The predicted molar refractivity (Wildman–Crippen MR) is 66.8 cm³/mol. The summed E-state index contributed by atoms with van der Waals surface area (Å²) in [7, 11) is 0. The Hall–Kier alpha value is -0.508. The summed E-state index contributed by atoms with van der Waals surface area (Å²) in [6.45, 7) is 4.78. The second-order valence-corrected chi connectivity index (χ2v) is 5.24. The largest absolute Gasteiger partial charge is 1.00 e. The molecule has 0 atom stereocenters. The number of rotatable bonds is 3. The van der Waals surface area contributed by atoms with Crippen LogP contribution in [0.1, 0.15) is 13.8 Å². The van der Waals surface area contributed by atoms with E-state index in [1.165, 1.54) is 0 Å². The van der Waals surface area contributed by atoms with Gasteiger partial charge in [-0.25, -0.2) is 0 Å². The minimum absolute atomic E-state index is 0. The average molecular weight is 257 g/mol. The molecule has 0 spiro atoms. The fourth-order valence-electron chi connectivity index (χ4n) is 2.31. The van der Waals surface area contributed by atoms with Gasteiger partial charge in [0.25, 0.3) is 0 Å². The molecule has 3 saturated heterocycles.